The lowest BCUT2D eigenvalue weighted by atomic mass is 10.2. The van der Waals surface area contributed by atoms with Crippen LogP contribution in [0.3, 0.4) is 0 Å². The maximum absolute atomic E-state index is 12.6. The van der Waals surface area contributed by atoms with E-state index >= 15 is 0 Å². The van der Waals surface area contributed by atoms with E-state index in [1.54, 1.807) is 29.6 Å². The van der Waals surface area contributed by atoms with Crippen LogP contribution in [0.2, 0.25) is 0 Å². The number of benzene rings is 2. The number of aromatic nitrogens is 4. The average Bonchev–Trinajstić information content (AvgIpc) is 3.35. The van der Waals surface area contributed by atoms with Crippen molar-refractivity contribution in [3.63, 3.8) is 0 Å². The third-order valence-corrected chi connectivity index (χ3v) is 3.80. The Morgan fingerprint density at radius 2 is 1.80 bits per heavy atom. The minimum Gasteiger partial charge on any atom is -0.320 e. The van der Waals surface area contributed by atoms with E-state index in [4.69, 9.17) is 0 Å². The molecule has 0 aliphatic rings. The highest BCUT2D eigenvalue weighted by atomic mass is 16.1. The summed E-state index contributed by atoms with van der Waals surface area (Å²) in [7, 11) is 0. The topological polar surface area (TPSA) is 64.7 Å². The molecule has 2 aromatic heterocycles. The van der Waals surface area contributed by atoms with E-state index < -0.39 is 0 Å². The molecule has 4 aromatic rings. The molecule has 0 spiro atoms. The molecule has 0 unspecified atom stereocenters. The van der Waals surface area contributed by atoms with Crippen molar-refractivity contribution in [2.24, 2.45) is 0 Å². The van der Waals surface area contributed by atoms with Gasteiger partial charge in [0.25, 0.3) is 5.91 Å². The number of amides is 1. The first kappa shape index (κ1) is 14.9. The lowest BCUT2D eigenvalue weighted by Gasteiger charge is -2.10. The molecular weight excluding hydrogens is 314 g/mol. The minimum absolute atomic E-state index is 0.213. The molecule has 2 aromatic carbocycles. The second kappa shape index (κ2) is 6.45. The van der Waals surface area contributed by atoms with Gasteiger partial charge in [-0.2, -0.15) is 5.10 Å². The molecule has 0 radical (unpaired) electrons. The first-order valence-corrected chi connectivity index (χ1v) is 7.80. The number of carbonyl (C=O) groups is 1. The predicted molar refractivity (Wildman–Crippen MR) is 95.1 cm³/mol. The van der Waals surface area contributed by atoms with Gasteiger partial charge in [-0.25, -0.2) is 9.67 Å². The van der Waals surface area contributed by atoms with Crippen molar-refractivity contribution in [3.05, 3.63) is 91.3 Å². The number of carbonyl (C=O) groups excluding carboxylic acids is 1. The largest absolute Gasteiger partial charge is 0.320 e. The van der Waals surface area contributed by atoms with Crippen molar-refractivity contribution in [3.8, 4) is 11.4 Å². The molecule has 2 heterocycles. The quantitative estimate of drug-likeness (QED) is 0.625. The standard InChI is InChI=1S/C19H15N5O/c25-19(15-12-21-24(13-15)16-6-2-1-3-7-16)22-17-8-4-5-9-18(17)23-11-10-20-14-23/h1-14H,(H,22,25). The number of anilines is 1. The fourth-order valence-corrected chi connectivity index (χ4v) is 2.56. The van der Waals surface area contributed by atoms with Crippen LogP contribution in [0.15, 0.2) is 85.7 Å². The van der Waals surface area contributed by atoms with Crippen LogP contribution in [0.4, 0.5) is 5.69 Å². The molecule has 0 aliphatic carbocycles. The van der Waals surface area contributed by atoms with Gasteiger partial charge >= 0.3 is 0 Å². The van der Waals surface area contributed by atoms with Crippen LogP contribution >= 0.6 is 0 Å². The van der Waals surface area contributed by atoms with Crippen molar-refractivity contribution in [1.82, 2.24) is 19.3 Å². The van der Waals surface area contributed by atoms with Gasteiger partial charge < -0.3 is 9.88 Å². The number of imidazole rings is 1. The van der Waals surface area contributed by atoms with E-state index in [2.05, 4.69) is 15.4 Å². The van der Waals surface area contributed by atoms with Gasteiger partial charge in [-0.05, 0) is 24.3 Å². The number of hydrogen-bond acceptors (Lipinski definition) is 3. The molecule has 6 nitrogen and oxygen atoms in total. The fraction of sp³-hybridized carbons (Fsp3) is 0. The van der Waals surface area contributed by atoms with Gasteiger partial charge in [0.2, 0.25) is 0 Å². The number of para-hydroxylation sites is 3. The summed E-state index contributed by atoms with van der Waals surface area (Å²) in [5, 5.41) is 7.20. The van der Waals surface area contributed by atoms with E-state index in [1.807, 2.05) is 65.4 Å². The van der Waals surface area contributed by atoms with Crippen molar-refractivity contribution < 1.29 is 4.79 Å². The van der Waals surface area contributed by atoms with Crippen LogP contribution in [0.1, 0.15) is 10.4 Å². The van der Waals surface area contributed by atoms with E-state index in [1.165, 1.54) is 0 Å². The molecule has 25 heavy (non-hydrogen) atoms. The number of nitrogens with one attached hydrogen (secondary N) is 1. The summed E-state index contributed by atoms with van der Waals surface area (Å²) < 4.78 is 3.53. The zero-order valence-electron chi connectivity index (χ0n) is 13.3. The van der Waals surface area contributed by atoms with Crippen LogP contribution < -0.4 is 5.32 Å². The number of rotatable bonds is 4. The SMILES string of the molecule is O=C(Nc1ccccc1-n1ccnc1)c1cnn(-c2ccccc2)c1. The van der Waals surface area contributed by atoms with Crippen LogP contribution in [-0.2, 0) is 0 Å². The summed E-state index contributed by atoms with van der Waals surface area (Å²) in [5.41, 5.74) is 2.95. The molecular formula is C19H15N5O. The van der Waals surface area contributed by atoms with Crippen molar-refractivity contribution in [1.29, 1.82) is 0 Å². The summed E-state index contributed by atoms with van der Waals surface area (Å²) >= 11 is 0. The summed E-state index contributed by atoms with van der Waals surface area (Å²) in [4.78, 5) is 16.6. The highest BCUT2D eigenvalue weighted by molar-refractivity contribution is 6.05. The third kappa shape index (κ3) is 3.05. The predicted octanol–water partition coefficient (Wildman–Crippen LogP) is 3.31. The Bertz CT molecular complexity index is 990. The van der Waals surface area contributed by atoms with Crippen molar-refractivity contribution >= 4 is 11.6 Å². The molecule has 1 amide bonds. The van der Waals surface area contributed by atoms with Crippen LogP contribution in [-0.4, -0.2) is 25.2 Å². The first-order valence-electron chi connectivity index (χ1n) is 7.80. The molecule has 0 saturated heterocycles. The summed E-state index contributed by atoms with van der Waals surface area (Å²) in [6.07, 6.45) is 8.49. The van der Waals surface area contributed by atoms with Crippen LogP contribution in [0.5, 0.6) is 0 Å². The Kier molecular flexibility index (Phi) is 3.84. The van der Waals surface area contributed by atoms with Crippen molar-refractivity contribution in [2.45, 2.75) is 0 Å². The molecule has 4 rings (SSSR count). The van der Waals surface area contributed by atoms with E-state index in [9.17, 15) is 4.79 Å². The van der Waals surface area contributed by atoms with Gasteiger partial charge in [0.05, 0.1) is 35.1 Å². The van der Waals surface area contributed by atoms with Crippen LogP contribution in [0, 0.1) is 0 Å². The summed E-state index contributed by atoms with van der Waals surface area (Å²) in [6, 6.07) is 17.2. The highest BCUT2D eigenvalue weighted by Crippen LogP contribution is 2.20. The van der Waals surface area contributed by atoms with Gasteiger partial charge in [0.15, 0.2) is 0 Å². The fourth-order valence-electron chi connectivity index (χ4n) is 2.56. The normalized spacial score (nSPS) is 10.6. The zero-order valence-corrected chi connectivity index (χ0v) is 13.3. The Balaban J connectivity index is 1.59. The third-order valence-electron chi connectivity index (χ3n) is 3.80. The lowest BCUT2D eigenvalue weighted by Crippen LogP contribution is -2.13. The van der Waals surface area contributed by atoms with E-state index in [0.717, 1.165) is 11.4 Å². The lowest BCUT2D eigenvalue weighted by molar-refractivity contribution is 0.102. The molecule has 122 valence electrons. The molecule has 0 aliphatic heterocycles. The monoisotopic (exact) mass is 329 g/mol. The van der Waals surface area contributed by atoms with Gasteiger partial charge in [0.1, 0.15) is 0 Å². The van der Waals surface area contributed by atoms with E-state index in [0.29, 0.717) is 11.3 Å². The highest BCUT2D eigenvalue weighted by Gasteiger charge is 2.12. The van der Waals surface area contributed by atoms with Crippen molar-refractivity contribution in [2.75, 3.05) is 5.32 Å². The molecule has 0 saturated carbocycles. The Labute approximate surface area is 144 Å². The minimum atomic E-state index is -0.213. The van der Waals surface area contributed by atoms with Gasteiger partial charge in [-0.3, -0.25) is 4.79 Å². The zero-order chi connectivity index (χ0) is 17.1. The van der Waals surface area contributed by atoms with Gasteiger partial charge in [0, 0.05) is 18.6 Å². The molecule has 0 atom stereocenters. The second-order valence-electron chi connectivity index (χ2n) is 5.45. The van der Waals surface area contributed by atoms with Crippen LogP contribution in [0.25, 0.3) is 11.4 Å². The molecule has 0 bridgehead atoms. The summed E-state index contributed by atoms with van der Waals surface area (Å²) in [5.74, 6) is -0.213. The number of hydrogen-bond donors (Lipinski definition) is 1. The Morgan fingerprint density at radius 1 is 1.00 bits per heavy atom. The first-order chi connectivity index (χ1) is 12.3. The molecule has 0 fully saturated rings. The Morgan fingerprint density at radius 3 is 2.60 bits per heavy atom. The maximum atomic E-state index is 12.6. The van der Waals surface area contributed by atoms with Gasteiger partial charge in [-0.15, -0.1) is 0 Å². The number of nitrogens with zero attached hydrogens (tertiary/aromatic N) is 4. The molecule has 1 N–H and O–H groups in total. The van der Waals surface area contributed by atoms with Gasteiger partial charge in [-0.1, -0.05) is 30.3 Å². The molecule has 6 heteroatoms. The van der Waals surface area contributed by atoms with E-state index in [-0.39, 0.29) is 5.91 Å². The summed E-state index contributed by atoms with van der Waals surface area (Å²) in [6.45, 7) is 0. The second-order valence-corrected chi connectivity index (χ2v) is 5.45. The smallest absolute Gasteiger partial charge is 0.258 e. The average molecular weight is 329 g/mol. The Hall–Kier alpha value is -3.67. The maximum Gasteiger partial charge on any atom is 0.258 e.